The predicted octanol–water partition coefficient (Wildman–Crippen LogP) is 4.57. The molecule has 0 radical (unpaired) electrons. The highest BCUT2D eigenvalue weighted by molar-refractivity contribution is 6.10. The van der Waals surface area contributed by atoms with Crippen molar-refractivity contribution in [2.45, 2.75) is 40.2 Å². The molecule has 5 nitrogen and oxygen atoms in total. The lowest BCUT2D eigenvalue weighted by Gasteiger charge is -2.12. The van der Waals surface area contributed by atoms with E-state index < -0.39 is 5.91 Å². The Morgan fingerprint density at radius 1 is 1.39 bits per heavy atom. The topological polar surface area (TPSA) is 71.3 Å². The van der Waals surface area contributed by atoms with Crippen molar-refractivity contribution >= 4 is 17.7 Å². The van der Waals surface area contributed by atoms with Crippen molar-refractivity contribution in [2.75, 3.05) is 11.9 Å². The summed E-state index contributed by atoms with van der Waals surface area (Å²) < 4.78 is 11.5. The molecule has 28 heavy (non-hydrogen) atoms. The minimum absolute atomic E-state index is 0.00727. The van der Waals surface area contributed by atoms with E-state index in [-0.39, 0.29) is 11.7 Å². The molecule has 0 saturated carbocycles. The number of carbonyl (C=O) groups is 1. The Morgan fingerprint density at radius 3 is 2.89 bits per heavy atom. The van der Waals surface area contributed by atoms with Gasteiger partial charge in [0.25, 0.3) is 5.91 Å². The first-order valence-electron chi connectivity index (χ1n) is 9.38. The van der Waals surface area contributed by atoms with Crippen molar-refractivity contribution in [1.29, 1.82) is 5.26 Å². The SMILES string of the molecule is CCOc1cc2c(cc1/C=C(\C#N)C(=O)Nc1cccc(C)c1C)O[C@@H](C)C2. The lowest BCUT2D eigenvalue weighted by molar-refractivity contribution is -0.112. The van der Waals surface area contributed by atoms with E-state index in [1.54, 1.807) is 6.08 Å². The number of nitriles is 1. The Labute approximate surface area is 165 Å². The summed E-state index contributed by atoms with van der Waals surface area (Å²) in [6.45, 7) is 8.32. The van der Waals surface area contributed by atoms with Gasteiger partial charge in [0.15, 0.2) is 0 Å². The van der Waals surface area contributed by atoms with E-state index in [2.05, 4.69) is 5.32 Å². The van der Waals surface area contributed by atoms with Gasteiger partial charge in [0, 0.05) is 23.2 Å². The molecule has 1 atom stereocenters. The fourth-order valence-corrected chi connectivity index (χ4v) is 3.23. The fraction of sp³-hybridized carbons (Fsp3) is 0.304. The zero-order chi connectivity index (χ0) is 20.3. The largest absolute Gasteiger partial charge is 0.493 e. The van der Waals surface area contributed by atoms with Gasteiger partial charge in [-0.3, -0.25) is 4.79 Å². The van der Waals surface area contributed by atoms with Crippen molar-refractivity contribution in [1.82, 2.24) is 0 Å². The Morgan fingerprint density at radius 2 is 2.18 bits per heavy atom. The molecule has 0 saturated heterocycles. The molecule has 5 heteroatoms. The third kappa shape index (κ3) is 4.01. The van der Waals surface area contributed by atoms with Crippen LogP contribution >= 0.6 is 0 Å². The summed E-state index contributed by atoms with van der Waals surface area (Å²) in [4.78, 5) is 12.7. The molecule has 0 aromatic heterocycles. The number of anilines is 1. The molecule has 1 aliphatic rings. The predicted molar refractivity (Wildman–Crippen MR) is 110 cm³/mol. The molecule has 3 rings (SSSR count). The van der Waals surface area contributed by atoms with Gasteiger partial charge in [-0.25, -0.2) is 0 Å². The van der Waals surface area contributed by atoms with Crippen LogP contribution in [0.1, 0.15) is 36.1 Å². The third-order valence-corrected chi connectivity index (χ3v) is 4.85. The zero-order valence-electron chi connectivity index (χ0n) is 16.6. The zero-order valence-corrected chi connectivity index (χ0v) is 16.6. The average Bonchev–Trinajstić information content (AvgIpc) is 3.02. The second kappa shape index (κ2) is 8.18. The maximum Gasteiger partial charge on any atom is 0.266 e. The van der Waals surface area contributed by atoms with Gasteiger partial charge < -0.3 is 14.8 Å². The van der Waals surface area contributed by atoms with Crippen LogP contribution in [0.5, 0.6) is 11.5 Å². The average molecular weight is 376 g/mol. The van der Waals surface area contributed by atoms with Gasteiger partial charge in [-0.2, -0.15) is 5.26 Å². The highest BCUT2D eigenvalue weighted by atomic mass is 16.5. The van der Waals surface area contributed by atoms with Gasteiger partial charge in [0.2, 0.25) is 0 Å². The molecule has 0 bridgehead atoms. The van der Waals surface area contributed by atoms with E-state index in [4.69, 9.17) is 9.47 Å². The number of carbonyl (C=O) groups excluding carboxylic acids is 1. The number of nitrogens with one attached hydrogen (secondary N) is 1. The van der Waals surface area contributed by atoms with Crippen molar-refractivity contribution in [3.63, 3.8) is 0 Å². The molecular weight excluding hydrogens is 352 g/mol. The highest BCUT2D eigenvalue weighted by Crippen LogP contribution is 2.36. The number of amides is 1. The van der Waals surface area contributed by atoms with Crippen LogP contribution in [-0.4, -0.2) is 18.6 Å². The van der Waals surface area contributed by atoms with Gasteiger partial charge in [-0.15, -0.1) is 0 Å². The number of hydrogen-bond acceptors (Lipinski definition) is 4. The number of nitrogens with zero attached hydrogens (tertiary/aromatic N) is 1. The van der Waals surface area contributed by atoms with Crippen LogP contribution in [0.4, 0.5) is 5.69 Å². The minimum Gasteiger partial charge on any atom is -0.493 e. The number of ether oxygens (including phenoxy) is 2. The van der Waals surface area contributed by atoms with E-state index in [0.717, 1.165) is 28.9 Å². The van der Waals surface area contributed by atoms with Crippen molar-refractivity contribution < 1.29 is 14.3 Å². The maximum absolute atomic E-state index is 12.7. The number of aryl methyl sites for hydroxylation is 1. The Kier molecular flexibility index (Phi) is 5.70. The molecule has 0 aliphatic carbocycles. The summed E-state index contributed by atoms with van der Waals surface area (Å²) in [5, 5.41) is 12.4. The van der Waals surface area contributed by atoms with Crippen molar-refractivity contribution in [2.24, 2.45) is 0 Å². The molecule has 1 heterocycles. The number of fused-ring (bicyclic) bond motifs is 1. The lowest BCUT2D eigenvalue weighted by atomic mass is 10.0. The van der Waals surface area contributed by atoms with Crippen LogP contribution < -0.4 is 14.8 Å². The molecule has 1 aliphatic heterocycles. The smallest absolute Gasteiger partial charge is 0.266 e. The standard InChI is InChI=1S/C23H24N2O3/c1-5-27-21-11-17-9-15(3)28-22(17)12-18(21)10-19(13-24)23(26)25-20-8-6-7-14(2)16(20)4/h6-8,10-12,15H,5,9H2,1-4H3,(H,25,26)/b19-10+/t15-/m0/s1. The molecular formula is C23H24N2O3. The number of hydrogen-bond donors (Lipinski definition) is 1. The summed E-state index contributed by atoms with van der Waals surface area (Å²) >= 11 is 0. The molecule has 0 fully saturated rings. The van der Waals surface area contributed by atoms with Gasteiger partial charge in [0.1, 0.15) is 29.2 Å². The highest BCUT2D eigenvalue weighted by Gasteiger charge is 2.22. The number of benzene rings is 2. The van der Waals surface area contributed by atoms with Crippen LogP contribution in [0, 0.1) is 25.2 Å². The first-order valence-corrected chi connectivity index (χ1v) is 9.38. The summed E-state index contributed by atoms with van der Waals surface area (Å²) in [6, 6.07) is 11.5. The monoisotopic (exact) mass is 376 g/mol. The van der Waals surface area contributed by atoms with E-state index in [1.807, 2.05) is 64.1 Å². The summed E-state index contributed by atoms with van der Waals surface area (Å²) in [5.41, 5.74) is 4.48. The quantitative estimate of drug-likeness (QED) is 0.613. The molecule has 144 valence electrons. The van der Waals surface area contributed by atoms with Crippen molar-refractivity contribution in [3.05, 3.63) is 58.2 Å². The van der Waals surface area contributed by atoms with E-state index in [9.17, 15) is 10.1 Å². The molecule has 1 N–H and O–H groups in total. The lowest BCUT2D eigenvalue weighted by Crippen LogP contribution is -2.14. The Balaban J connectivity index is 1.94. The van der Waals surface area contributed by atoms with Crippen molar-refractivity contribution in [3.8, 4) is 17.6 Å². The van der Waals surface area contributed by atoms with Crippen LogP contribution in [0.25, 0.3) is 6.08 Å². The molecule has 2 aromatic carbocycles. The first kappa shape index (κ1) is 19.5. The normalized spacial score (nSPS) is 15.4. The van der Waals surface area contributed by atoms with E-state index in [1.165, 1.54) is 0 Å². The van der Waals surface area contributed by atoms with E-state index >= 15 is 0 Å². The molecule has 1 amide bonds. The Hall–Kier alpha value is -3.26. The minimum atomic E-state index is -0.451. The second-order valence-corrected chi connectivity index (χ2v) is 6.93. The van der Waals surface area contributed by atoms with Gasteiger partial charge >= 0.3 is 0 Å². The first-order chi connectivity index (χ1) is 13.4. The third-order valence-electron chi connectivity index (χ3n) is 4.85. The van der Waals surface area contributed by atoms with Gasteiger partial charge in [-0.1, -0.05) is 12.1 Å². The second-order valence-electron chi connectivity index (χ2n) is 6.93. The fourth-order valence-electron chi connectivity index (χ4n) is 3.23. The summed E-state index contributed by atoms with van der Waals surface area (Å²) in [6.07, 6.45) is 2.47. The van der Waals surface area contributed by atoms with Crippen LogP contribution in [0.3, 0.4) is 0 Å². The van der Waals surface area contributed by atoms with Gasteiger partial charge in [0.05, 0.1) is 6.61 Å². The summed E-state index contributed by atoms with van der Waals surface area (Å²) in [7, 11) is 0. The molecule has 0 unspecified atom stereocenters. The van der Waals surface area contributed by atoms with Gasteiger partial charge in [-0.05, 0) is 63.1 Å². The Bertz CT molecular complexity index is 986. The van der Waals surface area contributed by atoms with Crippen LogP contribution in [-0.2, 0) is 11.2 Å². The maximum atomic E-state index is 12.7. The molecule has 2 aromatic rings. The molecule has 0 spiro atoms. The van der Waals surface area contributed by atoms with E-state index in [0.29, 0.717) is 23.6 Å². The van der Waals surface area contributed by atoms with Crippen LogP contribution in [0.2, 0.25) is 0 Å². The van der Waals surface area contributed by atoms with Crippen LogP contribution in [0.15, 0.2) is 35.9 Å². The number of rotatable bonds is 5. The summed E-state index contributed by atoms with van der Waals surface area (Å²) in [5.74, 6) is 0.967.